The molecule has 4 aromatic rings. The number of aromatic amines is 1. The number of aromatic nitrogens is 5. The highest BCUT2D eigenvalue weighted by Crippen LogP contribution is 2.53. The van der Waals surface area contributed by atoms with Gasteiger partial charge >= 0.3 is 5.97 Å². The molecule has 1 aliphatic heterocycles. The minimum Gasteiger partial charge on any atom is -0.476 e. The number of hydrogen-bond donors (Lipinski definition) is 2. The minimum absolute atomic E-state index is 0.0148. The van der Waals surface area contributed by atoms with Crippen LogP contribution >= 0.6 is 46.3 Å². The lowest BCUT2D eigenvalue weighted by Crippen LogP contribution is -2.09. The minimum atomic E-state index is -1.11. The Hall–Kier alpha value is -2.33. The van der Waals surface area contributed by atoms with Gasteiger partial charge in [0.2, 0.25) is 5.13 Å². The van der Waals surface area contributed by atoms with Crippen molar-refractivity contribution in [1.29, 1.82) is 0 Å². The van der Waals surface area contributed by atoms with E-state index in [0.717, 1.165) is 21.0 Å². The van der Waals surface area contributed by atoms with Crippen LogP contribution in [0.1, 0.15) is 33.9 Å². The number of aromatic carboxylic acids is 1. The van der Waals surface area contributed by atoms with Gasteiger partial charge in [-0.25, -0.2) is 14.8 Å². The highest BCUT2D eigenvalue weighted by Gasteiger charge is 2.31. The number of imidazole rings is 1. The van der Waals surface area contributed by atoms with Crippen molar-refractivity contribution in [3.63, 3.8) is 0 Å². The van der Waals surface area contributed by atoms with E-state index in [4.69, 9.17) is 28.2 Å². The molecular formula is C19H13Cl2N5O2S2. The Balaban J connectivity index is 1.71. The summed E-state index contributed by atoms with van der Waals surface area (Å²) >= 11 is 15.5. The number of aryl methyl sites for hydroxylation is 1. The van der Waals surface area contributed by atoms with Gasteiger partial charge in [0.1, 0.15) is 5.82 Å². The first-order valence-electron chi connectivity index (χ1n) is 8.85. The number of halogens is 2. The molecule has 4 heterocycles. The number of benzene rings is 1. The molecule has 2 N–H and O–H groups in total. The summed E-state index contributed by atoms with van der Waals surface area (Å²) in [5.74, 6) is -0.654. The standard InChI is InChI=1S/C19H13Cl2N5O2S2/c1-7-13(16-22-3-4-23-16)15(17(27)28)26(25-7)19-24-14-10-6-12(21)11(20)5-9(10)8(2)29-18(14)30-19/h3-6,8H,1-2H3,(H,22,23)(H,27,28). The maximum absolute atomic E-state index is 12.1. The molecule has 1 atom stereocenters. The Kier molecular flexibility index (Phi) is 4.66. The average molecular weight is 478 g/mol. The Bertz CT molecular complexity index is 1310. The summed E-state index contributed by atoms with van der Waals surface area (Å²) in [6.45, 7) is 3.84. The first-order valence-corrected chi connectivity index (χ1v) is 11.3. The van der Waals surface area contributed by atoms with Crippen LogP contribution in [0.5, 0.6) is 0 Å². The zero-order chi connectivity index (χ0) is 21.2. The van der Waals surface area contributed by atoms with Crippen LogP contribution in [-0.4, -0.2) is 35.8 Å². The molecule has 0 amide bonds. The van der Waals surface area contributed by atoms with Gasteiger partial charge in [0, 0.05) is 23.2 Å². The van der Waals surface area contributed by atoms with Gasteiger partial charge in [-0.1, -0.05) is 34.5 Å². The van der Waals surface area contributed by atoms with Crippen LogP contribution in [0.25, 0.3) is 27.8 Å². The Morgan fingerprint density at radius 1 is 1.30 bits per heavy atom. The molecule has 1 aliphatic rings. The van der Waals surface area contributed by atoms with Gasteiger partial charge < -0.3 is 10.1 Å². The van der Waals surface area contributed by atoms with Crippen LogP contribution in [0.15, 0.2) is 28.7 Å². The van der Waals surface area contributed by atoms with Crippen molar-refractivity contribution in [1.82, 2.24) is 24.7 Å². The molecule has 1 unspecified atom stereocenters. The molecule has 0 bridgehead atoms. The van der Waals surface area contributed by atoms with Gasteiger partial charge in [0.15, 0.2) is 5.69 Å². The van der Waals surface area contributed by atoms with E-state index in [0.29, 0.717) is 32.3 Å². The summed E-state index contributed by atoms with van der Waals surface area (Å²) < 4.78 is 2.36. The van der Waals surface area contributed by atoms with E-state index >= 15 is 0 Å². The first-order chi connectivity index (χ1) is 14.3. The summed E-state index contributed by atoms with van der Waals surface area (Å²) in [5.41, 5.74) is 3.71. The largest absolute Gasteiger partial charge is 0.476 e. The Morgan fingerprint density at radius 3 is 2.77 bits per heavy atom. The number of fused-ring (bicyclic) bond motifs is 3. The lowest BCUT2D eigenvalue weighted by atomic mass is 10.0. The van der Waals surface area contributed by atoms with Crippen LogP contribution in [0.3, 0.4) is 0 Å². The highest BCUT2D eigenvalue weighted by atomic mass is 35.5. The van der Waals surface area contributed by atoms with Crippen molar-refractivity contribution in [3.8, 4) is 27.8 Å². The van der Waals surface area contributed by atoms with E-state index in [2.05, 4.69) is 22.0 Å². The number of H-pyrrole nitrogens is 1. The number of thioether (sulfide) groups is 1. The molecule has 3 aromatic heterocycles. The van der Waals surface area contributed by atoms with Crippen LogP contribution in [-0.2, 0) is 0 Å². The Labute approximate surface area is 189 Å². The number of carboxylic acid groups (broad SMARTS) is 1. The van der Waals surface area contributed by atoms with Crippen molar-refractivity contribution in [2.45, 2.75) is 23.3 Å². The van der Waals surface area contributed by atoms with E-state index in [9.17, 15) is 9.90 Å². The topological polar surface area (TPSA) is 96.7 Å². The summed E-state index contributed by atoms with van der Waals surface area (Å²) in [7, 11) is 0. The van der Waals surface area contributed by atoms with Gasteiger partial charge in [-0.3, -0.25) is 0 Å². The number of hydrogen-bond acceptors (Lipinski definition) is 6. The van der Waals surface area contributed by atoms with E-state index < -0.39 is 5.97 Å². The highest BCUT2D eigenvalue weighted by molar-refractivity contribution is 8.01. The summed E-state index contributed by atoms with van der Waals surface area (Å²) in [5, 5.41) is 16.0. The average Bonchev–Trinajstić information content (AvgIpc) is 3.41. The van der Waals surface area contributed by atoms with Gasteiger partial charge in [-0.2, -0.15) is 9.78 Å². The van der Waals surface area contributed by atoms with Crippen LogP contribution in [0, 0.1) is 6.92 Å². The predicted molar refractivity (Wildman–Crippen MR) is 118 cm³/mol. The summed E-state index contributed by atoms with van der Waals surface area (Å²) in [6.07, 6.45) is 3.22. The SMILES string of the molecule is Cc1nn(-c2nc3c(s2)SC(C)c2cc(Cl)c(Cl)cc2-3)c(C(=O)O)c1-c1ncc[nH]1. The molecule has 30 heavy (non-hydrogen) atoms. The van der Waals surface area contributed by atoms with E-state index in [-0.39, 0.29) is 10.9 Å². The third-order valence-corrected chi connectivity index (χ3v) is 7.93. The molecule has 0 saturated carbocycles. The maximum Gasteiger partial charge on any atom is 0.355 e. The second-order valence-electron chi connectivity index (χ2n) is 6.71. The molecule has 0 aliphatic carbocycles. The molecule has 0 spiro atoms. The van der Waals surface area contributed by atoms with Crippen molar-refractivity contribution in [3.05, 3.63) is 51.5 Å². The number of carboxylic acids is 1. The molecule has 152 valence electrons. The fourth-order valence-corrected chi connectivity index (χ4v) is 6.38. The fourth-order valence-electron chi connectivity index (χ4n) is 3.51. The summed E-state index contributed by atoms with van der Waals surface area (Å²) in [6, 6.07) is 3.69. The first kappa shape index (κ1) is 19.6. The maximum atomic E-state index is 12.1. The fraction of sp³-hybridized carbons (Fsp3) is 0.158. The van der Waals surface area contributed by atoms with E-state index in [1.54, 1.807) is 31.1 Å². The predicted octanol–water partition coefficient (Wildman–Crippen LogP) is 5.87. The molecule has 0 saturated heterocycles. The normalized spacial score (nSPS) is 15.1. The number of nitrogens with one attached hydrogen (secondary N) is 1. The van der Waals surface area contributed by atoms with Crippen molar-refractivity contribution in [2.24, 2.45) is 0 Å². The number of nitrogens with zero attached hydrogens (tertiary/aromatic N) is 4. The molecule has 0 radical (unpaired) electrons. The van der Waals surface area contributed by atoms with Gasteiger partial charge in [-0.15, -0.1) is 11.8 Å². The number of rotatable bonds is 3. The molecule has 11 heteroatoms. The van der Waals surface area contributed by atoms with Gasteiger partial charge in [0.05, 0.1) is 31.2 Å². The van der Waals surface area contributed by atoms with Gasteiger partial charge in [-0.05, 0) is 31.5 Å². The van der Waals surface area contributed by atoms with Crippen LogP contribution < -0.4 is 0 Å². The second-order valence-corrected chi connectivity index (χ2v) is 10.1. The third-order valence-electron chi connectivity index (χ3n) is 4.83. The monoisotopic (exact) mass is 477 g/mol. The molecule has 1 aromatic carbocycles. The van der Waals surface area contributed by atoms with Crippen LogP contribution in [0.4, 0.5) is 0 Å². The van der Waals surface area contributed by atoms with Crippen molar-refractivity contribution >= 4 is 52.3 Å². The molecular weight excluding hydrogens is 465 g/mol. The van der Waals surface area contributed by atoms with Crippen molar-refractivity contribution in [2.75, 3.05) is 0 Å². The van der Waals surface area contributed by atoms with E-state index in [1.165, 1.54) is 16.0 Å². The zero-order valence-corrected chi connectivity index (χ0v) is 18.7. The second kappa shape index (κ2) is 7.12. The lowest BCUT2D eigenvalue weighted by molar-refractivity contribution is 0.0687. The zero-order valence-electron chi connectivity index (χ0n) is 15.6. The lowest BCUT2D eigenvalue weighted by Gasteiger charge is -2.21. The smallest absolute Gasteiger partial charge is 0.355 e. The van der Waals surface area contributed by atoms with Crippen LogP contribution in [0.2, 0.25) is 10.0 Å². The number of carbonyl (C=O) groups is 1. The quantitative estimate of drug-likeness (QED) is 0.383. The molecule has 7 nitrogen and oxygen atoms in total. The molecule has 5 rings (SSSR count). The van der Waals surface area contributed by atoms with Gasteiger partial charge in [0.25, 0.3) is 0 Å². The third kappa shape index (κ3) is 2.96. The van der Waals surface area contributed by atoms with Crippen molar-refractivity contribution < 1.29 is 9.90 Å². The number of thiazole rings is 1. The van der Waals surface area contributed by atoms with E-state index in [1.807, 2.05) is 12.1 Å². The Morgan fingerprint density at radius 2 is 2.07 bits per heavy atom. The molecule has 0 fully saturated rings. The summed E-state index contributed by atoms with van der Waals surface area (Å²) in [4.78, 5) is 24.0.